The summed E-state index contributed by atoms with van der Waals surface area (Å²) in [5.41, 5.74) is 5.66. The Morgan fingerprint density at radius 3 is 2.37 bits per heavy atom. The van der Waals surface area contributed by atoms with Gasteiger partial charge in [-0.05, 0) is 42.4 Å². The van der Waals surface area contributed by atoms with Crippen LogP contribution in [-0.2, 0) is 17.9 Å². The molecule has 0 radical (unpaired) electrons. The van der Waals surface area contributed by atoms with Gasteiger partial charge in [-0.15, -0.1) is 5.10 Å². The summed E-state index contributed by atoms with van der Waals surface area (Å²) in [6.07, 6.45) is -7.89. The van der Waals surface area contributed by atoms with Gasteiger partial charge in [-0.1, -0.05) is 46.9 Å². The normalized spacial score (nSPS) is 13.6. The number of carbonyl (C=O) groups is 1. The van der Waals surface area contributed by atoms with E-state index in [0.717, 1.165) is 4.68 Å². The molecule has 7 nitrogen and oxygen atoms in total. The van der Waals surface area contributed by atoms with Gasteiger partial charge in [0, 0.05) is 22.9 Å². The third kappa shape index (κ3) is 6.45. The summed E-state index contributed by atoms with van der Waals surface area (Å²) in [5, 5.41) is 14.5. The van der Waals surface area contributed by atoms with Crippen molar-refractivity contribution in [2.24, 2.45) is 5.73 Å². The van der Waals surface area contributed by atoms with Crippen molar-refractivity contribution in [3.63, 3.8) is 0 Å². The molecule has 0 fully saturated rings. The Morgan fingerprint density at radius 2 is 1.77 bits per heavy atom. The average Bonchev–Trinajstić information content (AvgIpc) is 3.09. The largest absolute Gasteiger partial charge is 0.416 e. The molecule has 1 aromatic heterocycles. The minimum Gasteiger partial charge on any atom is -0.382 e. The summed E-state index contributed by atoms with van der Waals surface area (Å²) in [6.45, 7) is -1.57. The summed E-state index contributed by atoms with van der Waals surface area (Å²) in [7, 11) is 0. The number of alkyl halides is 3. The third-order valence-corrected chi connectivity index (χ3v) is 6.35. The smallest absolute Gasteiger partial charge is 0.382 e. The Balaban J connectivity index is 1.91. The van der Waals surface area contributed by atoms with Gasteiger partial charge in [0.15, 0.2) is 17.7 Å². The Labute approximate surface area is 212 Å². The predicted molar refractivity (Wildman–Crippen MR) is 127 cm³/mol. The highest BCUT2D eigenvalue weighted by molar-refractivity contribution is 6.42. The van der Waals surface area contributed by atoms with Gasteiger partial charge in [-0.25, -0.2) is 9.48 Å². The van der Waals surface area contributed by atoms with Crippen LogP contribution in [0.3, 0.4) is 0 Å². The molecule has 35 heavy (non-hydrogen) atoms. The highest BCUT2D eigenvalue weighted by atomic mass is 35.5. The summed E-state index contributed by atoms with van der Waals surface area (Å²) >= 11 is 18.1. The van der Waals surface area contributed by atoms with Crippen LogP contribution in [0.15, 0.2) is 47.3 Å². The SMILES string of the molecule is NCC(CC(=O)Cn1nc(-c2ccc(Cl)cc2)n(C[C@H](O)C(F)(F)F)c1=O)c1cccc(Cl)c1Cl. The number of rotatable bonds is 9. The van der Waals surface area contributed by atoms with Crippen molar-refractivity contribution >= 4 is 40.6 Å². The predicted octanol–water partition coefficient (Wildman–Crippen LogP) is 4.30. The number of halogens is 6. The molecule has 0 bridgehead atoms. The van der Waals surface area contributed by atoms with Crippen LogP contribution in [0, 0.1) is 0 Å². The van der Waals surface area contributed by atoms with Crippen molar-refractivity contribution in [2.75, 3.05) is 6.54 Å². The lowest BCUT2D eigenvalue weighted by atomic mass is 9.93. The topological polar surface area (TPSA) is 103 Å². The van der Waals surface area contributed by atoms with Crippen LogP contribution in [0.25, 0.3) is 11.4 Å². The number of hydrogen-bond acceptors (Lipinski definition) is 5. The summed E-state index contributed by atoms with van der Waals surface area (Å²) in [4.78, 5) is 25.7. The van der Waals surface area contributed by atoms with E-state index in [1.54, 1.807) is 18.2 Å². The van der Waals surface area contributed by atoms with Crippen molar-refractivity contribution in [2.45, 2.75) is 37.7 Å². The maximum atomic E-state index is 13.0. The third-order valence-electron chi connectivity index (χ3n) is 5.26. The number of nitrogens with zero attached hydrogens (tertiary/aromatic N) is 3. The number of nitrogens with two attached hydrogens (primary N) is 1. The molecule has 2 aromatic carbocycles. The van der Waals surface area contributed by atoms with E-state index in [0.29, 0.717) is 20.2 Å². The van der Waals surface area contributed by atoms with Crippen LogP contribution < -0.4 is 11.4 Å². The zero-order chi connectivity index (χ0) is 25.9. The first-order valence-electron chi connectivity index (χ1n) is 10.3. The molecule has 1 heterocycles. The van der Waals surface area contributed by atoms with Crippen molar-refractivity contribution in [1.29, 1.82) is 0 Å². The van der Waals surface area contributed by atoms with E-state index in [1.807, 2.05) is 0 Å². The molecule has 0 aliphatic carbocycles. The number of benzene rings is 2. The molecule has 3 rings (SSSR count). The van der Waals surface area contributed by atoms with Crippen molar-refractivity contribution in [3.8, 4) is 11.4 Å². The highest BCUT2D eigenvalue weighted by Gasteiger charge is 2.39. The minimum absolute atomic E-state index is 0.0585. The molecule has 0 aliphatic rings. The van der Waals surface area contributed by atoms with E-state index in [-0.39, 0.29) is 29.4 Å². The first kappa shape index (κ1) is 27.2. The molecule has 0 spiro atoms. The molecule has 3 N–H and O–H groups in total. The second-order valence-corrected chi connectivity index (χ2v) is 8.98. The van der Waals surface area contributed by atoms with Gasteiger partial charge in [-0.2, -0.15) is 13.2 Å². The van der Waals surface area contributed by atoms with Crippen LogP contribution in [0.1, 0.15) is 17.9 Å². The van der Waals surface area contributed by atoms with E-state index < -0.39 is 42.8 Å². The Bertz CT molecular complexity index is 1260. The van der Waals surface area contributed by atoms with E-state index >= 15 is 0 Å². The average molecular weight is 552 g/mol. The molecule has 3 aromatic rings. The molecule has 1 unspecified atom stereocenters. The molecule has 0 saturated heterocycles. The first-order valence-corrected chi connectivity index (χ1v) is 11.4. The lowest BCUT2D eigenvalue weighted by molar-refractivity contribution is -0.207. The number of ketones is 1. The molecule has 0 aliphatic heterocycles. The maximum absolute atomic E-state index is 13.0. The zero-order valence-corrected chi connectivity index (χ0v) is 20.2. The Hall–Kier alpha value is -2.37. The maximum Gasteiger partial charge on any atom is 0.416 e. The second kappa shape index (κ2) is 11.1. The number of aliphatic hydroxyl groups is 1. The first-order chi connectivity index (χ1) is 16.4. The van der Waals surface area contributed by atoms with Crippen LogP contribution in [0.2, 0.25) is 15.1 Å². The Kier molecular flexibility index (Phi) is 8.66. The lowest BCUT2D eigenvalue weighted by Crippen LogP contribution is -2.37. The van der Waals surface area contributed by atoms with Crippen molar-refractivity contribution in [1.82, 2.24) is 14.3 Å². The zero-order valence-electron chi connectivity index (χ0n) is 18.0. The van der Waals surface area contributed by atoms with Crippen LogP contribution in [0.4, 0.5) is 13.2 Å². The van der Waals surface area contributed by atoms with Crippen molar-refractivity contribution in [3.05, 3.63) is 73.6 Å². The second-order valence-electron chi connectivity index (χ2n) is 7.76. The van der Waals surface area contributed by atoms with Crippen LogP contribution in [-0.4, -0.2) is 44.1 Å². The number of Topliss-reactive ketones (excluding diaryl/α,β-unsaturated/α-hetero) is 1. The van der Waals surface area contributed by atoms with E-state index in [4.69, 9.17) is 40.5 Å². The molecule has 2 atom stereocenters. The fourth-order valence-corrected chi connectivity index (χ4v) is 4.05. The van der Waals surface area contributed by atoms with E-state index in [9.17, 15) is 27.9 Å². The number of aromatic nitrogens is 3. The van der Waals surface area contributed by atoms with E-state index in [2.05, 4.69) is 5.10 Å². The number of aliphatic hydroxyl groups excluding tert-OH is 1. The fourth-order valence-electron chi connectivity index (χ4n) is 3.46. The van der Waals surface area contributed by atoms with Gasteiger partial charge in [0.1, 0.15) is 6.54 Å². The minimum atomic E-state index is -4.96. The van der Waals surface area contributed by atoms with Gasteiger partial charge in [0.25, 0.3) is 0 Å². The molecule has 188 valence electrons. The molecular formula is C22H20Cl3F3N4O3. The van der Waals surface area contributed by atoms with Crippen LogP contribution in [0.5, 0.6) is 0 Å². The molecular weight excluding hydrogens is 532 g/mol. The fraction of sp³-hybridized carbons (Fsp3) is 0.318. The van der Waals surface area contributed by atoms with Gasteiger partial charge < -0.3 is 10.8 Å². The van der Waals surface area contributed by atoms with Gasteiger partial charge in [-0.3, -0.25) is 9.36 Å². The van der Waals surface area contributed by atoms with E-state index in [1.165, 1.54) is 24.3 Å². The molecule has 0 saturated carbocycles. The number of hydrogen-bond donors (Lipinski definition) is 2. The van der Waals surface area contributed by atoms with Gasteiger partial charge in [0.2, 0.25) is 0 Å². The summed E-state index contributed by atoms with van der Waals surface area (Å²) in [6, 6.07) is 10.8. The van der Waals surface area contributed by atoms with Crippen LogP contribution >= 0.6 is 34.8 Å². The summed E-state index contributed by atoms with van der Waals surface area (Å²) in [5.74, 6) is -1.12. The highest BCUT2D eigenvalue weighted by Crippen LogP contribution is 2.32. The monoisotopic (exact) mass is 550 g/mol. The Morgan fingerprint density at radius 1 is 1.11 bits per heavy atom. The molecule has 13 heteroatoms. The van der Waals surface area contributed by atoms with Crippen molar-refractivity contribution < 1.29 is 23.1 Å². The number of carbonyl (C=O) groups excluding carboxylic acids is 1. The summed E-state index contributed by atoms with van der Waals surface area (Å²) < 4.78 is 40.4. The van der Waals surface area contributed by atoms with Gasteiger partial charge >= 0.3 is 11.9 Å². The standard InChI is InChI=1S/C22H20Cl3F3N4O3/c23-14-6-4-12(5-7-14)20-30-32(21(35)31(20)11-18(34)22(26,27)28)10-15(33)8-13(9-29)16-2-1-3-17(24)19(16)25/h1-7,13,18,34H,8-11,29H2/t13?,18-/m0/s1. The van der Waals surface area contributed by atoms with Gasteiger partial charge in [0.05, 0.1) is 16.6 Å². The molecule has 0 amide bonds. The quantitative estimate of drug-likeness (QED) is 0.413. The lowest BCUT2D eigenvalue weighted by Gasteiger charge is -2.16.